The summed E-state index contributed by atoms with van der Waals surface area (Å²) in [6.45, 7) is 1.70. The Balaban J connectivity index is 0.000000343. The summed E-state index contributed by atoms with van der Waals surface area (Å²) in [7, 11) is 1.67. The third kappa shape index (κ3) is 20.2. The van der Waals surface area contributed by atoms with E-state index in [9.17, 15) is 43.2 Å². The summed E-state index contributed by atoms with van der Waals surface area (Å²) in [5.41, 5.74) is 36.3. The number of hydrogen-bond acceptors (Lipinski definition) is 24. The van der Waals surface area contributed by atoms with Crippen molar-refractivity contribution >= 4 is 130 Å². The summed E-state index contributed by atoms with van der Waals surface area (Å²) < 4.78 is 15.7. The number of carbonyl (C=O) groups is 9. The normalized spacial score (nSPS) is 12.6. The second kappa shape index (κ2) is 28.0. The lowest BCUT2D eigenvalue weighted by Gasteiger charge is -2.13. The van der Waals surface area contributed by atoms with Gasteiger partial charge in [0, 0.05) is 19.7 Å². The van der Waals surface area contributed by atoms with Crippen LogP contribution in [-0.4, -0.2) is 101 Å². The zero-order valence-corrected chi connectivity index (χ0v) is 39.1. The zero-order chi connectivity index (χ0) is 56.7. The van der Waals surface area contributed by atoms with E-state index in [1.165, 1.54) is 6.08 Å². The fourth-order valence-electron chi connectivity index (χ4n) is 5.20. The number of barbiturate groups is 2. The number of aldehydes is 3. The number of benzene rings is 3. The number of urea groups is 2. The minimum absolute atomic E-state index is 0.0293. The van der Waals surface area contributed by atoms with Crippen molar-refractivity contribution in [2.45, 2.75) is 13.3 Å². The number of nitrogens with zero attached hydrogens (tertiary/aromatic N) is 9. The fraction of sp³-hybridized carbons (Fsp3) is 0.0455. The van der Waals surface area contributed by atoms with E-state index in [0.717, 1.165) is 30.0 Å². The molecular weight excluding hydrogens is 970 g/mol. The Morgan fingerprint density at radius 2 is 0.753 bits per heavy atom. The SMILES string of the molecule is Cc1nc(N)nc(N)n1.Nc1nc(N)nc(/C=C/c2ccc(C=C3C(=O)NC(=O)NC3=O)cc2)n1.Nc1nc(N)nc(/C=C/c2ccc(C=O)cc2)n1.O=C1CC(=O)NC(=O)N1.O=Cc1ccc(C=O)cc1.[2H][3H].[3H]P. The number of aromatic nitrogens is 9. The molecule has 0 aliphatic carbocycles. The summed E-state index contributed by atoms with van der Waals surface area (Å²) in [5.74, 6) is -0.783. The maximum atomic E-state index is 11.7. The summed E-state index contributed by atoms with van der Waals surface area (Å²) in [5, 5.41) is 7.82. The zero-order valence-electron chi connectivity index (χ0n) is 41.0. The molecule has 73 heavy (non-hydrogen) atoms. The number of imide groups is 4. The number of aryl methyl sites for hydroxylation is 1. The van der Waals surface area contributed by atoms with Gasteiger partial charge in [0.05, 0.1) is 1.28 Å². The Labute approximate surface area is 420 Å². The van der Waals surface area contributed by atoms with Gasteiger partial charge in [-0.25, -0.2) is 9.59 Å². The molecule has 2 aliphatic heterocycles. The Morgan fingerprint density at radius 1 is 0.466 bits per heavy atom. The first-order chi connectivity index (χ1) is 36.3. The van der Waals surface area contributed by atoms with Crippen LogP contribution in [0.4, 0.5) is 45.3 Å². The predicted octanol–water partition coefficient (Wildman–Crippen LogP) is 0.677. The number of carbonyl (C=O) groups excluding carboxylic acids is 9. The number of rotatable bonds is 8. The highest BCUT2D eigenvalue weighted by atomic mass is 31.0. The molecule has 28 nitrogen and oxygen atoms in total. The minimum atomic E-state index is -0.836. The van der Waals surface area contributed by atoms with Gasteiger partial charge in [-0.3, -0.25) is 54.8 Å². The highest BCUT2D eigenvalue weighted by Crippen LogP contribution is 2.14. The third-order valence-electron chi connectivity index (χ3n) is 8.31. The van der Waals surface area contributed by atoms with Gasteiger partial charge in [0.25, 0.3) is 11.8 Å². The molecule has 6 aromatic rings. The molecule has 0 spiro atoms. The molecule has 0 radical (unpaired) electrons. The monoisotopic (exact) mass is 1020 g/mol. The van der Waals surface area contributed by atoms with Crippen LogP contribution >= 0.6 is 9.84 Å². The van der Waals surface area contributed by atoms with Crippen LogP contribution in [0.25, 0.3) is 30.4 Å². The highest BCUT2D eigenvalue weighted by molar-refractivity contribution is 6.92. The van der Waals surface area contributed by atoms with Crippen molar-refractivity contribution in [3.8, 4) is 0 Å². The molecule has 376 valence electrons. The van der Waals surface area contributed by atoms with Gasteiger partial charge in [0.1, 0.15) is 36.7 Å². The van der Waals surface area contributed by atoms with Crippen molar-refractivity contribution in [1.82, 2.24) is 66.1 Å². The number of anilines is 6. The Hall–Kier alpha value is -10.6. The van der Waals surface area contributed by atoms with Crippen LogP contribution < -0.4 is 55.7 Å². The van der Waals surface area contributed by atoms with Crippen LogP contribution in [0.2, 0.25) is 0 Å². The van der Waals surface area contributed by atoms with E-state index in [2.05, 4.69) is 44.9 Å². The molecule has 0 bridgehead atoms. The van der Waals surface area contributed by atoms with Crippen LogP contribution in [0.15, 0.2) is 78.4 Å². The van der Waals surface area contributed by atoms with Gasteiger partial charge in [-0.2, -0.15) is 54.7 Å². The van der Waals surface area contributed by atoms with Crippen molar-refractivity contribution in [2.24, 2.45) is 0 Å². The van der Waals surface area contributed by atoms with Crippen molar-refractivity contribution in [1.29, 1.82) is 1.28 Å². The maximum absolute atomic E-state index is 11.7. The molecular formula is C44H46N19O9P. The van der Waals surface area contributed by atoms with Gasteiger partial charge in [-0.05, 0) is 41.8 Å². The minimum Gasteiger partial charge on any atom is -0.368 e. The van der Waals surface area contributed by atoms with Crippen LogP contribution in [0.1, 0.15) is 74.6 Å². The average molecular weight is 1020 g/mol. The predicted molar refractivity (Wildman–Crippen MR) is 273 cm³/mol. The third-order valence-corrected chi connectivity index (χ3v) is 8.31. The Morgan fingerprint density at radius 3 is 1.05 bits per heavy atom. The van der Waals surface area contributed by atoms with Gasteiger partial charge < -0.3 is 34.4 Å². The van der Waals surface area contributed by atoms with Crippen molar-refractivity contribution in [2.75, 3.05) is 34.4 Å². The van der Waals surface area contributed by atoms with E-state index in [-0.39, 0.29) is 47.7 Å². The first-order valence-electron chi connectivity index (χ1n) is 21.7. The largest absolute Gasteiger partial charge is 0.368 e. The maximum Gasteiger partial charge on any atom is 0.328 e. The molecule has 29 heteroatoms. The van der Waals surface area contributed by atoms with E-state index < -0.39 is 35.7 Å². The second-order valence-electron chi connectivity index (χ2n) is 13.8. The molecule has 16 N–H and O–H groups in total. The molecule has 3 aromatic heterocycles. The van der Waals surface area contributed by atoms with Crippen LogP contribution in [0, 0.1) is 6.92 Å². The van der Waals surface area contributed by atoms with E-state index in [1.807, 2.05) is 33.4 Å². The van der Waals surface area contributed by atoms with Gasteiger partial charge in [-0.1, -0.05) is 84.9 Å². The molecule has 0 saturated carbocycles. The number of nitrogens with one attached hydrogen (secondary N) is 4. The van der Waals surface area contributed by atoms with Crippen LogP contribution in [0.5, 0.6) is 0 Å². The first-order valence-corrected chi connectivity index (χ1v) is 20.1. The summed E-state index contributed by atoms with van der Waals surface area (Å²) in [6, 6.07) is 18.9. The van der Waals surface area contributed by atoms with Gasteiger partial charge >= 0.3 is 12.1 Å². The fourth-order valence-corrected chi connectivity index (χ4v) is 5.20. The quantitative estimate of drug-likeness (QED) is 0.0329. The van der Waals surface area contributed by atoms with E-state index in [1.54, 1.807) is 102 Å². The van der Waals surface area contributed by atoms with Crippen molar-refractivity contribution < 1.29 is 46.1 Å². The van der Waals surface area contributed by atoms with Gasteiger partial charge in [-0.15, -0.1) is 0 Å². The topological polar surface area (TPSA) is 474 Å². The first kappa shape index (κ1) is 53.3. The number of amides is 8. The van der Waals surface area contributed by atoms with Crippen LogP contribution in [0.3, 0.4) is 0 Å². The molecule has 8 amide bonds. The summed E-state index contributed by atoms with van der Waals surface area (Å²) in [4.78, 5) is 130. The smallest absolute Gasteiger partial charge is 0.328 e. The molecule has 2 fully saturated rings. The number of nitrogens with two attached hydrogens (primary N) is 6. The number of hydrogen-bond donors (Lipinski definition) is 10. The lowest BCUT2D eigenvalue weighted by atomic mass is 10.1. The molecule has 5 heterocycles. The lowest BCUT2D eigenvalue weighted by molar-refractivity contribution is -0.130. The second-order valence-corrected chi connectivity index (χ2v) is 13.8. The van der Waals surface area contributed by atoms with E-state index >= 15 is 0 Å². The average Bonchev–Trinajstić information content (AvgIpc) is 3.37. The molecule has 1 atom stereocenters. The summed E-state index contributed by atoms with van der Waals surface area (Å²) >= 11 is 0. The van der Waals surface area contributed by atoms with Gasteiger partial charge in [0.15, 0.2) is 11.6 Å². The summed E-state index contributed by atoms with van der Waals surface area (Å²) in [6.07, 6.45) is 10.2. The molecule has 1 unspecified atom stereocenters. The molecule has 2 saturated heterocycles. The standard InChI is InChI=1S/C16H13N7O3.C12H11N5O.C8H6O2.C4H7N5.C4H4N2O3.H3P.H2/c17-14-19-11(20-15(18)23-14)6-5-8-1-3-9(4-2-8)7-10-12(24)21-16(26)22-13(10)25;13-11-15-10(16-12(14)17-11)6-5-8-1-3-9(7-18)4-2-8;9-5-7-1-2-8(6-10)4-3-7;1-2-7-3(5)9-4(6)8-2;7-2-1-3(8)6-4(9)5-2;;/h1-7H,(H4,17,18,19,20,23)(H2,21,22,24,25,26);1-7H,(H4,13,14,15,16,17);1-6H;1H3,(H4,5,6,7,8,9);1H2,(H2,5,6,7,8,9);1H3;1H/b2*6-5+;;;;;/i;;;;;1T;1+2D. The van der Waals surface area contributed by atoms with Crippen molar-refractivity contribution in [3.63, 3.8) is 0 Å². The highest BCUT2D eigenvalue weighted by Gasteiger charge is 2.27. The Bertz CT molecular complexity index is 2930. The Kier molecular flexibility index (Phi) is 20.5. The molecule has 3 aromatic carbocycles. The van der Waals surface area contributed by atoms with E-state index in [0.29, 0.717) is 39.7 Å². The van der Waals surface area contributed by atoms with Gasteiger partial charge in [0.2, 0.25) is 47.5 Å². The number of nitrogen functional groups attached to an aromatic ring is 6. The van der Waals surface area contributed by atoms with Crippen molar-refractivity contribution in [3.05, 3.63) is 129 Å². The van der Waals surface area contributed by atoms with Crippen LogP contribution in [-0.2, 0) is 19.2 Å². The molecule has 8 rings (SSSR count). The lowest BCUT2D eigenvalue weighted by Crippen LogP contribution is -2.51. The molecule has 2 aliphatic rings. The van der Waals surface area contributed by atoms with E-state index in [4.69, 9.17) is 38.7 Å².